The SMILES string of the molecule is C[C@]12C=CC(=O)[C@@H](O)[C@@H]1[C@]1(O)COC1C[C@@H]2O. The molecule has 0 spiro atoms. The van der Waals surface area contributed by atoms with E-state index in [0.29, 0.717) is 6.42 Å². The molecule has 3 N–H and O–H groups in total. The van der Waals surface area contributed by atoms with E-state index in [1.165, 1.54) is 6.08 Å². The first-order chi connectivity index (χ1) is 7.89. The molecule has 0 aromatic heterocycles. The van der Waals surface area contributed by atoms with Crippen molar-refractivity contribution < 1.29 is 24.9 Å². The third-order valence-corrected chi connectivity index (χ3v) is 4.65. The lowest BCUT2D eigenvalue weighted by Crippen LogP contribution is -2.75. The number of ether oxygens (including phenoxy) is 1. The zero-order valence-electron chi connectivity index (χ0n) is 9.54. The number of ketones is 1. The molecule has 2 fully saturated rings. The summed E-state index contributed by atoms with van der Waals surface area (Å²) < 4.78 is 5.23. The summed E-state index contributed by atoms with van der Waals surface area (Å²) in [7, 11) is 0. The molecule has 3 rings (SSSR count). The van der Waals surface area contributed by atoms with E-state index in [9.17, 15) is 20.1 Å². The summed E-state index contributed by atoms with van der Waals surface area (Å²) in [5, 5.41) is 30.7. The molecule has 1 saturated heterocycles. The molecule has 17 heavy (non-hydrogen) atoms. The summed E-state index contributed by atoms with van der Waals surface area (Å²) in [4.78, 5) is 11.5. The van der Waals surface area contributed by atoms with Gasteiger partial charge >= 0.3 is 0 Å². The number of hydrogen-bond donors (Lipinski definition) is 3. The first kappa shape index (κ1) is 11.3. The summed E-state index contributed by atoms with van der Waals surface area (Å²) >= 11 is 0. The molecule has 2 aliphatic carbocycles. The zero-order chi connectivity index (χ0) is 12.4. The van der Waals surface area contributed by atoms with E-state index in [-0.39, 0.29) is 6.61 Å². The second-order valence-corrected chi connectivity index (χ2v) is 5.57. The Morgan fingerprint density at radius 1 is 1.47 bits per heavy atom. The molecule has 5 nitrogen and oxygen atoms in total. The maximum atomic E-state index is 11.5. The quantitative estimate of drug-likeness (QED) is 0.506. The standard InChI is InChI=1S/C12H16O5/c1-11-3-2-6(13)9(15)10(11)12(16)5-17-8(12)4-7(11)14/h2-3,7-10,14-16H,4-5H2,1H3/t7-,8?,9+,10-,11+,12-/m0/s1. The van der Waals surface area contributed by atoms with Gasteiger partial charge in [0.2, 0.25) is 0 Å². The fourth-order valence-electron chi connectivity index (χ4n) is 3.49. The minimum absolute atomic E-state index is 0.114. The van der Waals surface area contributed by atoms with Crippen LogP contribution < -0.4 is 0 Å². The van der Waals surface area contributed by atoms with Crippen LogP contribution in [0.2, 0.25) is 0 Å². The fraction of sp³-hybridized carbons (Fsp3) is 0.750. The van der Waals surface area contributed by atoms with Crippen molar-refractivity contribution in [1.29, 1.82) is 0 Å². The highest BCUT2D eigenvalue weighted by Gasteiger charge is 2.67. The average molecular weight is 240 g/mol. The minimum atomic E-state index is -1.27. The molecule has 0 aromatic carbocycles. The lowest BCUT2D eigenvalue weighted by Gasteiger charge is -2.62. The van der Waals surface area contributed by atoms with Gasteiger partial charge in [0, 0.05) is 17.8 Å². The van der Waals surface area contributed by atoms with Crippen molar-refractivity contribution in [1.82, 2.24) is 0 Å². The molecule has 94 valence electrons. The largest absolute Gasteiger partial charge is 0.392 e. The van der Waals surface area contributed by atoms with Crippen molar-refractivity contribution >= 4 is 5.78 Å². The molecule has 1 heterocycles. The molecule has 1 saturated carbocycles. The molecule has 0 aromatic rings. The van der Waals surface area contributed by atoms with Crippen LogP contribution in [-0.4, -0.2) is 51.6 Å². The Hall–Kier alpha value is -0.750. The Balaban J connectivity index is 2.10. The Morgan fingerprint density at radius 2 is 2.18 bits per heavy atom. The number of rotatable bonds is 0. The topological polar surface area (TPSA) is 87.0 Å². The number of carbonyl (C=O) groups excluding carboxylic acids is 1. The Labute approximate surface area is 98.7 Å². The van der Waals surface area contributed by atoms with E-state index >= 15 is 0 Å². The molecule has 1 unspecified atom stereocenters. The maximum absolute atomic E-state index is 11.5. The van der Waals surface area contributed by atoms with Crippen LogP contribution in [0.1, 0.15) is 13.3 Å². The molecule has 0 bridgehead atoms. The number of hydrogen-bond acceptors (Lipinski definition) is 5. The summed E-state index contributed by atoms with van der Waals surface area (Å²) in [6.07, 6.45) is 0.768. The van der Waals surface area contributed by atoms with Crippen molar-refractivity contribution in [2.24, 2.45) is 11.3 Å². The summed E-state index contributed by atoms with van der Waals surface area (Å²) in [5.74, 6) is -1.12. The van der Waals surface area contributed by atoms with E-state index in [2.05, 4.69) is 0 Å². The van der Waals surface area contributed by atoms with Crippen molar-refractivity contribution in [3.8, 4) is 0 Å². The number of aliphatic hydroxyl groups excluding tert-OH is 2. The molecule has 0 amide bonds. The van der Waals surface area contributed by atoms with E-state index < -0.39 is 41.0 Å². The molecule has 0 radical (unpaired) electrons. The van der Waals surface area contributed by atoms with Crippen molar-refractivity contribution in [2.75, 3.05) is 6.61 Å². The number of fused-ring (bicyclic) bond motifs is 3. The van der Waals surface area contributed by atoms with Gasteiger partial charge in [-0.15, -0.1) is 0 Å². The highest BCUT2D eigenvalue weighted by atomic mass is 16.6. The van der Waals surface area contributed by atoms with Crippen molar-refractivity contribution in [2.45, 2.75) is 37.3 Å². The van der Waals surface area contributed by atoms with Gasteiger partial charge in [-0.2, -0.15) is 0 Å². The van der Waals surface area contributed by atoms with E-state index in [4.69, 9.17) is 4.74 Å². The third-order valence-electron chi connectivity index (χ3n) is 4.65. The van der Waals surface area contributed by atoms with Crippen LogP contribution in [-0.2, 0) is 9.53 Å². The monoisotopic (exact) mass is 240 g/mol. The van der Waals surface area contributed by atoms with Gasteiger partial charge in [0.05, 0.1) is 18.8 Å². The maximum Gasteiger partial charge on any atom is 0.184 e. The van der Waals surface area contributed by atoms with Crippen LogP contribution in [0.25, 0.3) is 0 Å². The van der Waals surface area contributed by atoms with Crippen LogP contribution >= 0.6 is 0 Å². The second-order valence-electron chi connectivity index (χ2n) is 5.57. The number of carbonyl (C=O) groups is 1. The lowest BCUT2D eigenvalue weighted by atomic mass is 9.52. The predicted molar refractivity (Wildman–Crippen MR) is 57.1 cm³/mol. The summed E-state index contributed by atoms with van der Waals surface area (Å²) in [5.41, 5.74) is -1.98. The Kier molecular flexibility index (Phi) is 2.12. The van der Waals surface area contributed by atoms with E-state index in [1.807, 2.05) is 0 Å². The highest BCUT2D eigenvalue weighted by molar-refractivity contribution is 5.95. The minimum Gasteiger partial charge on any atom is -0.392 e. The molecule has 5 heteroatoms. The third kappa shape index (κ3) is 1.20. The van der Waals surface area contributed by atoms with Gasteiger partial charge in [-0.05, 0) is 6.08 Å². The summed E-state index contributed by atoms with van der Waals surface area (Å²) in [6, 6.07) is 0. The van der Waals surface area contributed by atoms with Crippen LogP contribution in [0, 0.1) is 11.3 Å². The first-order valence-corrected chi connectivity index (χ1v) is 5.83. The average Bonchev–Trinajstić information content (AvgIpc) is 2.28. The molecule has 3 aliphatic rings. The number of aliphatic hydroxyl groups is 3. The van der Waals surface area contributed by atoms with Crippen LogP contribution in [0.3, 0.4) is 0 Å². The molecule has 1 aliphatic heterocycles. The Bertz CT molecular complexity index is 406. The van der Waals surface area contributed by atoms with Gasteiger partial charge in [-0.1, -0.05) is 13.0 Å². The zero-order valence-corrected chi connectivity index (χ0v) is 9.54. The molecular formula is C12H16O5. The fourth-order valence-corrected chi connectivity index (χ4v) is 3.49. The Morgan fingerprint density at radius 3 is 2.76 bits per heavy atom. The van der Waals surface area contributed by atoms with Crippen LogP contribution in [0.15, 0.2) is 12.2 Å². The molecule has 6 atom stereocenters. The van der Waals surface area contributed by atoms with Crippen LogP contribution in [0.4, 0.5) is 0 Å². The van der Waals surface area contributed by atoms with Crippen molar-refractivity contribution in [3.63, 3.8) is 0 Å². The predicted octanol–water partition coefficient (Wildman–Crippen LogP) is -0.997. The first-order valence-electron chi connectivity index (χ1n) is 5.83. The van der Waals surface area contributed by atoms with Gasteiger partial charge in [0.25, 0.3) is 0 Å². The van der Waals surface area contributed by atoms with Gasteiger partial charge in [0.15, 0.2) is 5.78 Å². The smallest absolute Gasteiger partial charge is 0.184 e. The van der Waals surface area contributed by atoms with Crippen LogP contribution in [0.5, 0.6) is 0 Å². The molecular weight excluding hydrogens is 224 g/mol. The highest BCUT2D eigenvalue weighted by Crippen LogP contribution is 2.55. The second kappa shape index (κ2) is 3.17. The van der Waals surface area contributed by atoms with Gasteiger partial charge in [-0.25, -0.2) is 0 Å². The summed E-state index contributed by atoms with van der Waals surface area (Å²) in [6.45, 7) is 1.88. The lowest BCUT2D eigenvalue weighted by molar-refractivity contribution is -0.322. The van der Waals surface area contributed by atoms with Crippen molar-refractivity contribution in [3.05, 3.63) is 12.2 Å². The van der Waals surface area contributed by atoms with Gasteiger partial charge in [-0.3, -0.25) is 4.79 Å². The van der Waals surface area contributed by atoms with E-state index in [1.54, 1.807) is 13.0 Å². The van der Waals surface area contributed by atoms with E-state index in [0.717, 1.165) is 0 Å². The van der Waals surface area contributed by atoms with Gasteiger partial charge < -0.3 is 20.1 Å². The normalized spacial score (nSPS) is 57.1. The van der Waals surface area contributed by atoms with Gasteiger partial charge in [0.1, 0.15) is 11.7 Å².